The number of hydrogen-bond acceptors (Lipinski definition) is 8. The smallest absolute Gasteiger partial charge is 0.404 e. The van der Waals surface area contributed by atoms with Gasteiger partial charge >= 0.3 is 6.36 Å². The molecular weight excluding hydrogens is 542 g/mol. The number of rotatable bonds is 6. The highest BCUT2D eigenvalue weighted by molar-refractivity contribution is 6.01. The summed E-state index contributed by atoms with van der Waals surface area (Å²) in [4.78, 5) is 24.7. The van der Waals surface area contributed by atoms with Gasteiger partial charge in [0.2, 0.25) is 5.95 Å². The Hall–Kier alpha value is -4.44. The third-order valence-corrected chi connectivity index (χ3v) is 7.80. The van der Waals surface area contributed by atoms with Gasteiger partial charge in [0, 0.05) is 42.5 Å². The van der Waals surface area contributed by atoms with E-state index in [1.54, 1.807) is 18.2 Å². The van der Waals surface area contributed by atoms with Crippen molar-refractivity contribution in [1.29, 1.82) is 5.26 Å². The predicted molar refractivity (Wildman–Crippen MR) is 141 cm³/mol. The number of ether oxygens (including phenoxy) is 1. The monoisotopic (exact) mass is 567 g/mol. The molecule has 0 bridgehead atoms. The van der Waals surface area contributed by atoms with Crippen LogP contribution in [0, 0.1) is 17.1 Å². The van der Waals surface area contributed by atoms with Gasteiger partial charge in [0.1, 0.15) is 5.69 Å². The molecule has 9 nitrogen and oxygen atoms in total. The number of fused-ring (bicyclic) bond motifs is 2. The van der Waals surface area contributed by atoms with Crippen LogP contribution in [0.1, 0.15) is 35.2 Å². The van der Waals surface area contributed by atoms with Gasteiger partial charge in [-0.1, -0.05) is 12.1 Å². The number of hydrogen-bond donors (Lipinski definition) is 2. The lowest BCUT2D eigenvalue weighted by Crippen LogP contribution is -2.51. The second-order valence-electron chi connectivity index (χ2n) is 10.5. The summed E-state index contributed by atoms with van der Waals surface area (Å²) in [5.41, 5.74) is 1.74. The van der Waals surface area contributed by atoms with Crippen molar-refractivity contribution in [2.45, 2.75) is 37.2 Å². The molecule has 13 heteroatoms. The van der Waals surface area contributed by atoms with E-state index < -0.39 is 17.9 Å². The molecule has 212 valence electrons. The lowest BCUT2D eigenvalue weighted by atomic mass is 9.99. The zero-order valence-electron chi connectivity index (χ0n) is 21.9. The Labute approximate surface area is 232 Å². The average molecular weight is 568 g/mol. The number of nitrogens with one attached hydrogen (secondary N) is 2. The summed E-state index contributed by atoms with van der Waals surface area (Å²) in [7, 11) is 1.92. The SMILES string of the molecule is CN1CCN(c2ccc(OC(F)(F)F)c(Nc3ncc(F)c(-c4ccc5c(c4)C(=O)NC54CC4)n3)c2)CC1CC#N. The number of benzene rings is 2. The van der Waals surface area contributed by atoms with Gasteiger partial charge in [0.25, 0.3) is 5.91 Å². The van der Waals surface area contributed by atoms with E-state index >= 15 is 0 Å². The standard InChI is InChI=1S/C28H25F4N7O2/c1-38-10-11-39(15-18(38)6-9-33)17-3-5-23(41-28(30,31)32)22(13-17)35-26-34-14-21(29)24(36-26)16-2-4-20-19(12-16)25(40)37-27(20)7-8-27/h2-5,12-14,18H,6-8,10-11,15H2,1H3,(H,37,40)(H,34,35,36). The molecule has 2 fully saturated rings. The summed E-state index contributed by atoms with van der Waals surface area (Å²) >= 11 is 0. The van der Waals surface area contributed by atoms with Gasteiger partial charge in [-0.05, 0) is 49.7 Å². The molecule has 1 aliphatic carbocycles. The van der Waals surface area contributed by atoms with Crippen LogP contribution in [0.4, 0.5) is 34.9 Å². The topological polar surface area (TPSA) is 106 Å². The van der Waals surface area contributed by atoms with E-state index in [9.17, 15) is 22.4 Å². The minimum Gasteiger partial charge on any atom is -0.404 e. The zero-order valence-corrected chi connectivity index (χ0v) is 21.9. The maximum atomic E-state index is 14.9. The second-order valence-corrected chi connectivity index (χ2v) is 10.5. The van der Waals surface area contributed by atoms with Crippen molar-refractivity contribution in [2.24, 2.45) is 0 Å². The van der Waals surface area contributed by atoms with Gasteiger partial charge in [-0.15, -0.1) is 13.2 Å². The molecule has 6 rings (SSSR count). The highest BCUT2D eigenvalue weighted by Crippen LogP contribution is 2.50. The molecule has 2 aliphatic heterocycles. The van der Waals surface area contributed by atoms with Crippen LogP contribution in [0.5, 0.6) is 5.75 Å². The Bertz CT molecular complexity index is 1570. The summed E-state index contributed by atoms with van der Waals surface area (Å²) in [6, 6.07) is 11.3. The number of likely N-dealkylation sites (N-methyl/N-ethyl adjacent to an activating group) is 1. The number of nitriles is 1. The molecule has 1 unspecified atom stereocenters. The molecule has 3 aliphatic rings. The first kappa shape index (κ1) is 26.8. The number of piperazine rings is 1. The third-order valence-electron chi connectivity index (χ3n) is 7.80. The van der Waals surface area contributed by atoms with Gasteiger partial charge in [-0.2, -0.15) is 5.26 Å². The zero-order chi connectivity index (χ0) is 28.9. The minimum atomic E-state index is -4.96. The molecule has 3 heterocycles. The largest absolute Gasteiger partial charge is 0.573 e. The number of nitrogens with zero attached hydrogens (tertiary/aromatic N) is 5. The Balaban J connectivity index is 1.32. The summed E-state index contributed by atoms with van der Waals surface area (Å²) in [5.74, 6) is -1.66. The number of aromatic nitrogens is 2. The Morgan fingerprint density at radius 2 is 2.02 bits per heavy atom. The van der Waals surface area contributed by atoms with Gasteiger partial charge in [-0.3, -0.25) is 9.69 Å². The maximum absolute atomic E-state index is 14.9. The summed E-state index contributed by atoms with van der Waals surface area (Å²) in [6.07, 6.45) is -2.04. The van der Waals surface area contributed by atoms with Crippen LogP contribution in [-0.2, 0) is 5.54 Å². The van der Waals surface area contributed by atoms with Crippen LogP contribution >= 0.6 is 0 Å². The molecule has 1 atom stereocenters. The third kappa shape index (κ3) is 5.22. The Kier molecular flexibility index (Phi) is 6.45. The van der Waals surface area contributed by atoms with E-state index in [-0.39, 0.29) is 34.8 Å². The van der Waals surface area contributed by atoms with Crippen molar-refractivity contribution >= 4 is 23.2 Å². The summed E-state index contributed by atoms with van der Waals surface area (Å²) in [5, 5.41) is 14.9. The Morgan fingerprint density at radius 3 is 2.76 bits per heavy atom. The fourth-order valence-electron chi connectivity index (χ4n) is 5.45. The molecule has 1 amide bonds. The van der Waals surface area contributed by atoms with Crippen LogP contribution in [0.25, 0.3) is 11.3 Å². The molecule has 1 saturated carbocycles. The number of carbonyl (C=O) groups excluding carboxylic acids is 1. The van der Waals surface area contributed by atoms with Crippen LogP contribution in [-0.4, -0.2) is 59.9 Å². The van der Waals surface area contributed by atoms with Crippen molar-refractivity contribution in [3.8, 4) is 23.1 Å². The first-order valence-electron chi connectivity index (χ1n) is 13.0. The molecule has 1 saturated heterocycles. The molecule has 1 spiro atoms. The van der Waals surface area contributed by atoms with Crippen LogP contribution in [0.15, 0.2) is 42.6 Å². The van der Waals surface area contributed by atoms with E-state index in [2.05, 4.69) is 36.3 Å². The van der Waals surface area contributed by atoms with Gasteiger partial charge < -0.3 is 20.3 Å². The highest BCUT2D eigenvalue weighted by Gasteiger charge is 2.52. The summed E-state index contributed by atoms with van der Waals surface area (Å²) < 4.78 is 58.8. The van der Waals surface area contributed by atoms with E-state index in [1.165, 1.54) is 18.2 Å². The number of alkyl halides is 3. The fraction of sp³-hybridized carbons (Fsp3) is 0.357. The predicted octanol–water partition coefficient (Wildman–Crippen LogP) is 4.69. The molecule has 41 heavy (non-hydrogen) atoms. The van der Waals surface area contributed by atoms with Crippen LogP contribution in [0.3, 0.4) is 0 Å². The molecule has 2 aromatic carbocycles. The van der Waals surface area contributed by atoms with E-state index in [0.29, 0.717) is 42.9 Å². The van der Waals surface area contributed by atoms with E-state index in [4.69, 9.17) is 5.26 Å². The second kappa shape index (κ2) is 9.88. The van der Waals surface area contributed by atoms with E-state index in [0.717, 1.165) is 24.6 Å². The molecular formula is C28H25F4N7O2. The molecule has 1 aromatic heterocycles. The molecule has 3 aromatic rings. The van der Waals surface area contributed by atoms with Crippen molar-refractivity contribution in [3.05, 3.63) is 59.5 Å². The Morgan fingerprint density at radius 1 is 1.22 bits per heavy atom. The van der Waals surface area contributed by atoms with Gasteiger partial charge in [-0.25, -0.2) is 14.4 Å². The first-order chi connectivity index (χ1) is 19.5. The minimum absolute atomic E-state index is 0.0385. The van der Waals surface area contributed by atoms with Crippen molar-refractivity contribution < 1.29 is 27.1 Å². The lowest BCUT2D eigenvalue weighted by Gasteiger charge is -2.40. The summed E-state index contributed by atoms with van der Waals surface area (Å²) in [6.45, 7) is 1.77. The molecule has 2 N–H and O–H groups in total. The van der Waals surface area contributed by atoms with Crippen molar-refractivity contribution in [2.75, 3.05) is 36.9 Å². The lowest BCUT2D eigenvalue weighted by molar-refractivity contribution is -0.274. The number of carbonyl (C=O) groups is 1. The van der Waals surface area contributed by atoms with Crippen LogP contribution in [0.2, 0.25) is 0 Å². The maximum Gasteiger partial charge on any atom is 0.573 e. The quantitative estimate of drug-likeness (QED) is 0.414. The average Bonchev–Trinajstić information content (AvgIpc) is 3.65. The highest BCUT2D eigenvalue weighted by atomic mass is 19.4. The van der Waals surface area contributed by atoms with E-state index in [1.807, 2.05) is 11.9 Å². The van der Waals surface area contributed by atoms with Gasteiger partial charge in [0.05, 0.1) is 29.9 Å². The van der Waals surface area contributed by atoms with Crippen molar-refractivity contribution in [1.82, 2.24) is 20.2 Å². The van der Waals surface area contributed by atoms with Crippen molar-refractivity contribution in [3.63, 3.8) is 0 Å². The fourth-order valence-corrected chi connectivity index (χ4v) is 5.45. The normalized spacial score (nSPS) is 19.5. The van der Waals surface area contributed by atoms with Gasteiger partial charge in [0.15, 0.2) is 11.6 Å². The number of anilines is 3. The van der Waals surface area contributed by atoms with Crippen LogP contribution < -0.4 is 20.3 Å². The number of amides is 1. The number of halogens is 4. The first-order valence-corrected chi connectivity index (χ1v) is 13.0. The molecule has 0 radical (unpaired) electrons.